The number of rotatable bonds is 11. The first-order chi connectivity index (χ1) is 66.6. The van der Waals surface area contributed by atoms with Crippen LogP contribution >= 0.6 is 0 Å². The monoisotopic (exact) mass is 2820 g/mol. The summed E-state index contributed by atoms with van der Waals surface area (Å²) in [4.78, 5) is 76.4. The molecule has 10 aromatic carbocycles. The molecule has 21 nitrogen and oxygen atoms in total. The van der Waals surface area contributed by atoms with Crippen LogP contribution in [-0.2, 0) is 124 Å². The number of fused-ring (bicyclic) bond motifs is 15. The summed E-state index contributed by atoms with van der Waals surface area (Å²) in [5.41, 5.74) is 18.2. The number of aryl methyl sites for hydroxylation is 2. The van der Waals surface area contributed by atoms with E-state index in [4.69, 9.17) is 32.1 Å². The van der Waals surface area contributed by atoms with E-state index in [-0.39, 0.29) is 164 Å². The molecule has 0 fully saturated rings. The molecular weight excluding hydrogens is 2720 g/mol. The minimum absolute atomic E-state index is 0. The molecular formula is C116H105FIr5N11O10Si-5. The topological polar surface area (TPSA) is 280 Å². The second-order valence-corrected chi connectivity index (χ2v) is 38.4. The molecule has 0 atom stereocenters. The zero-order valence-corrected chi connectivity index (χ0v) is 94.5. The van der Waals surface area contributed by atoms with Crippen molar-refractivity contribution >= 4 is 158 Å². The maximum absolute atomic E-state index is 13.5. The average molecular weight is 2820 g/mol. The fourth-order valence-corrected chi connectivity index (χ4v) is 16.4. The number of aliphatic hydroxyl groups excluding tert-OH is 5. The Morgan fingerprint density at radius 1 is 0.306 bits per heavy atom. The predicted molar refractivity (Wildman–Crippen MR) is 561 cm³/mol. The molecule has 5 N–H and O–H groups in total. The van der Waals surface area contributed by atoms with Crippen LogP contribution in [0, 0.1) is 56.6 Å². The third-order valence-electron chi connectivity index (χ3n) is 20.6. The van der Waals surface area contributed by atoms with Crippen molar-refractivity contribution in [2.24, 2.45) is 0 Å². The number of allylic oxidation sites excluding steroid dienone is 10. The van der Waals surface area contributed by atoms with Gasteiger partial charge in [-0.2, -0.15) is 121 Å². The molecule has 0 aliphatic carbocycles. The van der Waals surface area contributed by atoms with Crippen LogP contribution in [0.4, 0.5) is 10.1 Å². The van der Waals surface area contributed by atoms with Gasteiger partial charge in [-0.1, -0.05) is 101 Å². The number of ketones is 5. The number of para-hydroxylation sites is 6. The van der Waals surface area contributed by atoms with Crippen LogP contribution in [0.3, 0.4) is 0 Å². The van der Waals surface area contributed by atoms with Crippen molar-refractivity contribution in [3.05, 3.63) is 422 Å². The van der Waals surface area contributed by atoms with E-state index in [9.17, 15) is 28.4 Å². The number of aromatic nitrogens is 10. The van der Waals surface area contributed by atoms with E-state index in [1.54, 1.807) is 24.5 Å². The molecule has 0 saturated heterocycles. The van der Waals surface area contributed by atoms with E-state index in [0.29, 0.717) is 5.69 Å². The van der Waals surface area contributed by atoms with Crippen molar-refractivity contribution in [2.45, 2.75) is 103 Å². The normalized spacial score (nSPS) is 11.0. The van der Waals surface area contributed by atoms with Gasteiger partial charge < -0.3 is 48.4 Å². The van der Waals surface area contributed by atoms with Gasteiger partial charge in [-0.15, -0.1) is 30.3 Å². The minimum Gasteiger partial charge on any atom is -0.512 e. The number of pyridine rings is 5. The Balaban J connectivity index is 0.000000252. The fraction of sp³-hybridized carbons (Fsp3) is 0.129. The summed E-state index contributed by atoms with van der Waals surface area (Å²) >= 11 is 0. The minimum atomic E-state index is -1.35. The van der Waals surface area contributed by atoms with Crippen LogP contribution in [-0.4, -0.2) is 110 Å². The molecule has 0 spiro atoms. The number of benzene rings is 10. The van der Waals surface area contributed by atoms with E-state index in [2.05, 4.69) is 209 Å². The van der Waals surface area contributed by atoms with E-state index < -0.39 is 8.07 Å². The number of aliphatic hydroxyl groups is 5. The first-order valence-electron chi connectivity index (χ1n) is 44.3. The van der Waals surface area contributed by atoms with Crippen LogP contribution in [0.25, 0.3) is 143 Å². The second kappa shape index (κ2) is 56.7. The molecule has 0 saturated carbocycles. The van der Waals surface area contributed by atoms with Gasteiger partial charge in [0, 0.05) is 210 Å². The molecule has 0 unspecified atom stereocenters. The largest absolute Gasteiger partial charge is 0.512 e. The number of hydrogen-bond donors (Lipinski definition) is 5. The Morgan fingerprint density at radius 3 is 0.882 bits per heavy atom. The van der Waals surface area contributed by atoms with Crippen molar-refractivity contribution in [3.63, 3.8) is 0 Å². The van der Waals surface area contributed by atoms with Crippen molar-refractivity contribution in [2.75, 3.05) is 0 Å². The van der Waals surface area contributed by atoms with Crippen LogP contribution < -0.4 is 5.19 Å². The Morgan fingerprint density at radius 2 is 0.576 bits per heavy atom. The standard InChI is InChI=1S/C20H19N2Si.C18H10N3.2C18H13N2.C17H10FN2.5C5H8O2.5Ir/c1-23(2,3)16-11-12-19-18(14-16)17-10-7-13-21-20(17)22(19)15-8-5-4-6-9-15;1-19-13-9-10-17-16(12-13)15-8-5-11-20-18(15)21(17)14-6-3-2-4-7-14;1-13-11-16-15-9-5-6-10-17(15)20(18(16)19-12-13)14-7-3-2-4-8-14;1-13-9-10-17-16(12-13)15-8-5-11-19-18(15)20(17)14-6-3-2-4-7-14;18-12-8-9-16-15(11-12)14-7-4-10-19-17(14)20(16)13-5-2-1-3-6-13;5*1-4(6)3-5(2)7;;;;;/h4-8,10-14H,1-3H3;2-6,8-12H;2-7,9-12H,1H3;2-6,8-12H,1H3;1-5,7-11H;5*3,6H,1-2H3;;;;;/q5*-1;;;;;;;;;;. The molecule has 745 valence electrons. The molecule has 0 aliphatic rings. The van der Waals surface area contributed by atoms with Crippen LogP contribution in [0.5, 0.6) is 0 Å². The third-order valence-corrected chi connectivity index (χ3v) is 22.6. The second-order valence-electron chi connectivity index (χ2n) is 33.3. The summed E-state index contributed by atoms with van der Waals surface area (Å²) in [6.45, 7) is 32.8. The number of carbonyl (C=O) groups is 5. The maximum atomic E-state index is 13.5. The zero-order valence-electron chi connectivity index (χ0n) is 81.5. The number of halogens is 1. The summed E-state index contributed by atoms with van der Waals surface area (Å²) in [6.07, 6.45) is 15.0. The molecule has 20 rings (SSSR count). The molecule has 28 heteroatoms. The zero-order chi connectivity index (χ0) is 100. The summed E-state index contributed by atoms with van der Waals surface area (Å²) in [5, 5.41) is 54.5. The first kappa shape index (κ1) is 119. The van der Waals surface area contributed by atoms with E-state index in [1.165, 1.54) is 171 Å². The van der Waals surface area contributed by atoms with Crippen molar-refractivity contribution in [3.8, 4) is 28.4 Å². The van der Waals surface area contributed by atoms with Crippen LogP contribution in [0.15, 0.2) is 363 Å². The smallest absolute Gasteiger partial charge is 0.188 e. The first-order valence-corrected chi connectivity index (χ1v) is 47.8. The number of nitrogens with zero attached hydrogens (tertiary/aromatic N) is 11. The third kappa shape index (κ3) is 31.9. The van der Waals surface area contributed by atoms with Gasteiger partial charge in [-0.3, -0.25) is 24.0 Å². The van der Waals surface area contributed by atoms with Gasteiger partial charge in [0.1, 0.15) is 34.1 Å². The van der Waals surface area contributed by atoms with E-state index >= 15 is 0 Å². The molecule has 0 bridgehead atoms. The molecule has 10 heterocycles. The molecule has 20 aromatic rings. The summed E-state index contributed by atoms with van der Waals surface area (Å²) < 4.78 is 24.2. The van der Waals surface area contributed by atoms with E-state index in [0.717, 1.165) is 89.3 Å². The fourth-order valence-electron chi connectivity index (χ4n) is 15.2. The van der Waals surface area contributed by atoms with Gasteiger partial charge in [-0.05, 0) is 203 Å². The van der Waals surface area contributed by atoms with E-state index in [1.807, 2.05) is 181 Å². The van der Waals surface area contributed by atoms with Gasteiger partial charge in [-0.25, -0.2) is 34.2 Å². The molecule has 144 heavy (non-hydrogen) atoms. The number of hydrogen-bond acceptors (Lipinski definition) is 15. The molecule has 0 aliphatic heterocycles. The van der Waals surface area contributed by atoms with Gasteiger partial charge in [0.25, 0.3) is 0 Å². The van der Waals surface area contributed by atoms with Crippen LogP contribution in [0.2, 0.25) is 19.6 Å². The molecule has 5 radical (unpaired) electrons. The maximum Gasteiger partial charge on any atom is 0.188 e. The van der Waals surface area contributed by atoms with Gasteiger partial charge >= 0.3 is 0 Å². The van der Waals surface area contributed by atoms with Gasteiger partial charge in [0.05, 0.1) is 71.0 Å². The Bertz CT molecular complexity index is 7480. The van der Waals surface area contributed by atoms with Crippen molar-refractivity contribution in [1.29, 1.82) is 0 Å². The quantitative estimate of drug-likeness (QED) is 0.0348. The molecule has 0 amide bonds. The Kier molecular flexibility index (Phi) is 46.7. The molecule has 10 aromatic heterocycles. The predicted octanol–water partition coefficient (Wildman–Crippen LogP) is 26.9. The number of carbonyl (C=O) groups excluding carboxylic acids is 5. The van der Waals surface area contributed by atoms with Crippen LogP contribution in [0.1, 0.15) is 80.4 Å². The SMILES string of the molecule is CC(=O)C=C(C)O.CC(=O)C=C(C)O.CC(=O)C=C(C)O.CC(=O)C=C(C)O.CC(=O)C=C(C)O.C[Si](C)(C)c1ccc2c(c1)c1cccnc1n2-c1[c-]cccc1.Cc1ccc2c(c1)c1cccnc1n2-c1[c-]cccc1.Cc1cnc2c(c1)c1ccccc1n2-c1[c-]cccc1.Fc1ccc2c(c1)c1cccnc1n2-c1[c-]cccc1.[C-]#[N+]c1ccc2c(c1)c1cccnc1n2-c1[c-]cccc1.[Ir].[Ir].[Ir].[Ir].[Ir]. The Labute approximate surface area is 904 Å². The Hall–Kier alpha value is -14.1. The van der Waals surface area contributed by atoms with Crippen molar-refractivity contribution < 1.29 is 154 Å². The van der Waals surface area contributed by atoms with Crippen molar-refractivity contribution in [1.82, 2.24) is 47.8 Å². The summed E-state index contributed by atoms with van der Waals surface area (Å²) in [6, 6.07) is 107. The summed E-state index contributed by atoms with van der Waals surface area (Å²) in [5.74, 6) is -0.551. The van der Waals surface area contributed by atoms with Gasteiger partial charge in [0.15, 0.2) is 34.6 Å². The average Bonchev–Trinajstić information content (AvgIpc) is 1.61. The summed E-state index contributed by atoms with van der Waals surface area (Å²) in [7, 11) is -1.35. The van der Waals surface area contributed by atoms with Gasteiger partial charge in [0.2, 0.25) is 0 Å².